The second kappa shape index (κ2) is 9.54. The van der Waals surface area contributed by atoms with Crippen LogP contribution in [0.1, 0.15) is 47.3 Å². The van der Waals surface area contributed by atoms with Gasteiger partial charge in [-0.1, -0.05) is 55.5 Å². The summed E-state index contributed by atoms with van der Waals surface area (Å²) in [7, 11) is 1.54. The van der Waals surface area contributed by atoms with Crippen LogP contribution in [0.5, 0.6) is 5.75 Å². The molecule has 0 bridgehead atoms. The molecule has 0 spiro atoms. The van der Waals surface area contributed by atoms with E-state index in [0.29, 0.717) is 11.3 Å². The van der Waals surface area contributed by atoms with Crippen molar-refractivity contribution in [1.82, 2.24) is 5.32 Å². The van der Waals surface area contributed by atoms with E-state index in [0.717, 1.165) is 21.9 Å². The Bertz CT molecular complexity index is 980. The van der Waals surface area contributed by atoms with Crippen molar-refractivity contribution < 1.29 is 19.4 Å². The Balaban J connectivity index is 1.90. The van der Waals surface area contributed by atoms with Gasteiger partial charge in [-0.05, 0) is 41.0 Å². The van der Waals surface area contributed by atoms with Crippen LogP contribution >= 0.6 is 0 Å². The van der Waals surface area contributed by atoms with Crippen molar-refractivity contribution in [3.8, 4) is 5.75 Å². The lowest BCUT2D eigenvalue weighted by atomic mass is 9.94. The molecule has 3 rings (SSSR count). The van der Waals surface area contributed by atoms with Gasteiger partial charge >= 0.3 is 0 Å². The SMILES string of the molecule is COCOc1ccc(C(C)CO)c(C(=O)N[C@H](C)c2cccc3ccccc23)c1. The summed E-state index contributed by atoms with van der Waals surface area (Å²) < 4.78 is 10.4. The standard InChI is InChI=1S/C24H27NO4/c1-16(14-26)20-12-11-19(29-15-28-3)13-23(20)24(27)25-17(2)21-10-6-8-18-7-4-5-9-22(18)21/h4-13,16-17,26H,14-15H2,1-3H3,(H,25,27)/t16?,17-/m1/s1. The first-order valence-corrected chi connectivity index (χ1v) is 9.70. The van der Waals surface area contributed by atoms with Crippen LogP contribution in [0.2, 0.25) is 0 Å². The number of hydrogen-bond donors (Lipinski definition) is 2. The van der Waals surface area contributed by atoms with E-state index in [4.69, 9.17) is 9.47 Å². The van der Waals surface area contributed by atoms with Crippen LogP contribution in [0.15, 0.2) is 60.7 Å². The summed E-state index contributed by atoms with van der Waals surface area (Å²) in [5.41, 5.74) is 2.33. The Morgan fingerprint density at radius 1 is 1.03 bits per heavy atom. The van der Waals surface area contributed by atoms with Gasteiger partial charge in [-0.3, -0.25) is 4.79 Å². The van der Waals surface area contributed by atoms with Crippen LogP contribution in [0, 0.1) is 0 Å². The summed E-state index contributed by atoms with van der Waals surface area (Å²) >= 11 is 0. The third kappa shape index (κ3) is 4.75. The first-order chi connectivity index (χ1) is 14.0. The number of nitrogens with one attached hydrogen (secondary N) is 1. The molecule has 1 unspecified atom stereocenters. The monoisotopic (exact) mass is 393 g/mol. The van der Waals surface area contributed by atoms with Crippen LogP contribution in [-0.4, -0.2) is 31.5 Å². The molecule has 0 fully saturated rings. The van der Waals surface area contributed by atoms with E-state index >= 15 is 0 Å². The Hall–Kier alpha value is -2.89. The topological polar surface area (TPSA) is 67.8 Å². The zero-order valence-corrected chi connectivity index (χ0v) is 17.0. The lowest BCUT2D eigenvalue weighted by Gasteiger charge is -2.20. The maximum Gasteiger partial charge on any atom is 0.252 e. The smallest absolute Gasteiger partial charge is 0.252 e. The molecule has 3 aromatic rings. The first kappa shape index (κ1) is 20.8. The van der Waals surface area contributed by atoms with Gasteiger partial charge < -0.3 is 19.9 Å². The van der Waals surface area contributed by atoms with Crippen LogP contribution in [-0.2, 0) is 4.74 Å². The highest BCUT2D eigenvalue weighted by molar-refractivity contribution is 5.97. The second-order valence-electron chi connectivity index (χ2n) is 7.15. The van der Waals surface area contributed by atoms with Gasteiger partial charge in [-0.15, -0.1) is 0 Å². The number of benzene rings is 3. The minimum atomic E-state index is -0.205. The maximum atomic E-state index is 13.2. The fourth-order valence-electron chi connectivity index (χ4n) is 3.46. The summed E-state index contributed by atoms with van der Waals surface area (Å²) in [6.45, 7) is 3.91. The lowest BCUT2D eigenvalue weighted by molar-refractivity contribution is 0.0509. The number of methoxy groups -OCH3 is 1. The Morgan fingerprint density at radius 2 is 1.79 bits per heavy atom. The molecule has 0 aliphatic heterocycles. The van der Waals surface area contributed by atoms with Crippen LogP contribution in [0.4, 0.5) is 0 Å². The number of amides is 1. The van der Waals surface area contributed by atoms with Gasteiger partial charge in [-0.25, -0.2) is 0 Å². The number of carbonyl (C=O) groups excluding carboxylic acids is 1. The fraction of sp³-hybridized carbons (Fsp3) is 0.292. The van der Waals surface area contributed by atoms with E-state index in [1.807, 2.05) is 44.2 Å². The number of fused-ring (bicyclic) bond motifs is 1. The summed E-state index contributed by atoms with van der Waals surface area (Å²) in [4.78, 5) is 13.2. The molecule has 152 valence electrons. The molecule has 5 nitrogen and oxygen atoms in total. The fourth-order valence-corrected chi connectivity index (χ4v) is 3.46. The van der Waals surface area contributed by atoms with E-state index in [-0.39, 0.29) is 31.3 Å². The van der Waals surface area contributed by atoms with Crippen molar-refractivity contribution in [1.29, 1.82) is 0 Å². The molecular formula is C24H27NO4. The average Bonchev–Trinajstić information content (AvgIpc) is 2.76. The van der Waals surface area contributed by atoms with Crippen molar-refractivity contribution in [3.63, 3.8) is 0 Å². The predicted octanol–water partition coefficient (Wildman–Crippen LogP) is 4.41. The van der Waals surface area contributed by atoms with E-state index in [1.165, 1.54) is 0 Å². The first-order valence-electron chi connectivity index (χ1n) is 9.70. The number of aliphatic hydroxyl groups is 1. The molecule has 2 N–H and O–H groups in total. The molecule has 3 aromatic carbocycles. The second-order valence-corrected chi connectivity index (χ2v) is 7.15. The highest BCUT2D eigenvalue weighted by Crippen LogP contribution is 2.27. The van der Waals surface area contributed by atoms with Crippen LogP contribution in [0.3, 0.4) is 0 Å². The summed E-state index contributed by atoms with van der Waals surface area (Å²) in [5.74, 6) is 0.174. The molecule has 5 heteroatoms. The van der Waals surface area contributed by atoms with Crippen LogP contribution in [0.25, 0.3) is 10.8 Å². The van der Waals surface area contributed by atoms with Crippen molar-refractivity contribution in [2.24, 2.45) is 0 Å². The molecule has 0 aliphatic rings. The summed E-state index contributed by atoms with van der Waals surface area (Å²) in [6.07, 6.45) is 0. The highest BCUT2D eigenvalue weighted by Gasteiger charge is 2.20. The van der Waals surface area contributed by atoms with Gasteiger partial charge in [-0.2, -0.15) is 0 Å². The van der Waals surface area contributed by atoms with E-state index in [9.17, 15) is 9.90 Å². The Labute approximate surface area is 171 Å². The minimum Gasteiger partial charge on any atom is -0.468 e. The molecule has 0 aliphatic carbocycles. The molecule has 29 heavy (non-hydrogen) atoms. The zero-order valence-electron chi connectivity index (χ0n) is 17.0. The van der Waals surface area contributed by atoms with E-state index in [1.54, 1.807) is 19.2 Å². The van der Waals surface area contributed by atoms with Gasteiger partial charge in [0.05, 0.1) is 6.04 Å². The normalized spacial score (nSPS) is 13.1. The third-order valence-corrected chi connectivity index (χ3v) is 5.06. The molecular weight excluding hydrogens is 366 g/mol. The summed E-state index contributed by atoms with van der Waals surface area (Å²) in [6, 6.07) is 19.3. The van der Waals surface area contributed by atoms with E-state index in [2.05, 4.69) is 23.5 Å². The molecule has 0 heterocycles. The Kier molecular flexibility index (Phi) is 6.86. The van der Waals surface area contributed by atoms with Crippen molar-refractivity contribution in [2.45, 2.75) is 25.8 Å². The number of hydrogen-bond acceptors (Lipinski definition) is 4. The number of rotatable bonds is 8. The molecule has 2 atom stereocenters. The average molecular weight is 393 g/mol. The zero-order chi connectivity index (χ0) is 20.8. The highest BCUT2D eigenvalue weighted by atomic mass is 16.7. The summed E-state index contributed by atoms with van der Waals surface area (Å²) in [5, 5.41) is 15.0. The molecule has 1 amide bonds. The van der Waals surface area contributed by atoms with Crippen molar-refractivity contribution in [2.75, 3.05) is 20.5 Å². The predicted molar refractivity (Wildman–Crippen MR) is 114 cm³/mol. The largest absolute Gasteiger partial charge is 0.468 e. The number of aliphatic hydroxyl groups excluding tert-OH is 1. The minimum absolute atomic E-state index is 0.0442. The third-order valence-electron chi connectivity index (χ3n) is 5.06. The molecule has 0 aromatic heterocycles. The van der Waals surface area contributed by atoms with Crippen molar-refractivity contribution >= 4 is 16.7 Å². The van der Waals surface area contributed by atoms with Gasteiger partial charge in [0, 0.05) is 25.2 Å². The van der Waals surface area contributed by atoms with Gasteiger partial charge in [0.25, 0.3) is 5.91 Å². The molecule has 0 saturated heterocycles. The van der Waals surface area contributed by atoms with Gasteiger partial charge in [0.1, 0.15) is 5.75 Å². The van der Waals surface area contributed by atoms with Crippen molar-refractivity contribution in [3.05, 3.63) is 77.4 Å². The molecule has 0 radical (unpaired) electrons. The lowest BCUT2D eigenvalue weighted by Crippen LogP contribution is -2.28. The van der Waals surface area contributed by atoms with Gasteiger partial charge in [0.15, 0.2) is 6.79 Å². The molecule has 0 saturated carbocycles. The number of carbonyl (C=O) groups is 1. The number of ether oxygens (including phenoxy) is 2. The quantitative estimate of drug-likeness (QED) is 0.556. The Morgan fingerprint density at radius 3 is 2.55 bits per heavy atom. The van der Waals surface area contributed by atoms with E-state index < -0.39 is 0 Å². The van der Waals surface area contributed by atoms with Gasteiger partial charge in [0.2, 0.25) is 0 Å². The maximum absolute atomic E-state index is 13.2. The van der Waals surface area contributed by atoms with Crippen LogP contribution < -0.4 is 10.1 Å².